The van der Waals surface area contributed by atoms with E-state index in [1.165, 1.54) is 34.0 Å². The summed E-state index contributed by atoms with van der Waals surface area (Å²) in [4.78, 5) is 21.4. The highest BCUT2D eigenvalue weighted by Gasteiger charge is 2.31. The van der Waals surface area contributed by atoms with Crippen LogP contribution in [0, 0.1) is 6.92 Å². The topological polar surface area (TPSA) is 80.4 Å². The molecule has 3 aliphatic rings. The van der Waals surface area contributed by atoms with E-state index in [-0.39, 0.29) is 0 Å². The number of likely N-dealkylation sites (tertiary alicyclic amines) is 1. The number of hydrogen-bond donors (Lipinski definition) is 0. The molecule has 2 fully saturated rings. The Bertz CT molecular complexity index is 1500. The van der Waals surface area contributed by atoms with Crippen LogP contribution in [0.1, 0.15) is 36.1 Å². The Morgan fingerprint density at radius 2 is 1.90 bits per heavy atom. The van der Waals surface area contributed by atoms with Gasteiger partial charge in [0.15, 0.2) is 6.54 Å². The first kappa shape index (κ1) is 27.4. The van der Waals surface area contributed by atoms with Crippen LogP contribution in [0.2, 0.25) is 0 Å². The minimum Gasteiger partial charge on any atom is -0.462 e. The van der Waals surface area contributed by atoms with Gasteiger partial charge in [0.25, 0.3) is 0 Å². The van der Waals surface area contributed by atoms with Crippen LogP contribution in [0.15, 0.2) is 41.4 Å². The van der Waals surface area contributed by atoms with Gasteiger partial charge in [-0.05, 0) is 61.8 Å². The Balaban J connectivity index is 1.31. The fourth-order valence-electron chi connectivity index (χ4n) is 6.26. The summed E-state index contributed by atoms with van der Waals surface area (Å²) in [5.74, 6) is 0.986. The first-order valence-electron chi connectivity index (χ1n) is 14.8. The fourth-order valence-corrected chi connectivity index (χ4v) is 6.26. The molecule has 1 aromatic heterocycles. The second kappa shape index (κ2) is 12.4. The number of aryl methyl sites for hydroxylation is 1. The standard InChI is InChI=1S/C32H40N7O2/c1-23-7-4-8-24-9-5-11-29(30(23)24)38-17-13-27-28(20-38)35-32(41-21-26-10-6-15-37(26)2)36-31(27)39-16-12-25(19-39)34-22-33-14-18-40-3/h4-5,7-9,11,26H,6,10,12-21H2,1-3H3/q+1/t26-/m0/s1. The molecule has 41 heavy (non-hydrogen) atoms. The van der Waals surface area contributed by atoms with Crippen LogP contribution >= 0.6 is 0 Å². The normalized spacial score (nSPS) is 18.9. The maximum Gasteiger partial charge on any atom is 0.423 e. The largest absolute Gasteiger partial charge is 0.462 e. The minimum atomic E-state index is 0.409. The predicted molar refractivity (Wildman–Crippen MR) is 165 cm³/mol. The maximum atomic E-state index is 6.31. The number of rotatable bonds is 8. The van der Waals surface area contributed by atoms with Crippen molar-refractivity contribution in [2.75, 3.05) is 69.9 Å². The lowest BCUT2D eigenvalue weighted by atomic mass is 10.00. The van der Waals surface area contributed by atoms with Crippen molar-refractivity contribution in [2.45, 2.75) is 45.2 Å². The van der Waals surface area contributed by atoms with Gasteiger partial charge in [-0.3, -0.25) is 0 Å². The summed E-state index contributed by atoms with van der Waals surface area (Å²) in [7, 11) is 3.84. The van der Waals surface area contributed by atoms with Crippen molar-refractivity contribution < 1.29 is 9.47 Å². The van der Waals surface area contributed by atoms with Crippen LogP contribution in [0.3, 0.4) is 0 Å². The van der Waals surface area contributed by atoms with Crippen LogP contribution in [0.25, 0.3) is 10.8 Å². The van der Waals surface area contributed by atoms with Gasteiger partial charge in [0, 0.05) is 49.3 Å². The molecule has 0 N–H and O–H groups in total. The summed E-state index contributed by atoms with van der Waals surface area (Å²) in [6.45, 7) is 8.29. The van der Waals surface area contributed by atoms with E-state index in [1.54, 1.807) is 7.11 Å². The summed E-state index contributed by atoms with van der Waals surface area (Å²) >= 11 is 0. The molecular formula is C32H40N7O2+. The van der Waals surface area contributed by atoms with Gasteiger partial charge in [0.2, 0.25) is 5.71 Å². The van der Waals surface area contributed by atoms with Gasteiger partial charge in [-0.2, -0.15) is 14.6 Å². The summed E-state index contributed by atoms with van der Waals surface area (Å²) < 4.78 is 15.9. The van der Waals surface area contributed by atoms with Crippen molar-refractivity contribution in [3.8, 4) is 6.01 Å². The summed E-state index contributed by atoms with van der Waals surface area (Å²) in [5.41, 5.74) is 5.91. The Kier molecular flexibility index (Phi) is 8.31. The predicted octanol–water partition coefficient (Wildman–Crippen LogP) is 3.51. The summed E-state index contributed by atoms with van der Waals surface area (Å²) in [5, 5.41) is 2.59. The second-order valence-electron chi connectivity index (χ2n) is 11.3. The molecule has 0 saturated carbocycles. The van der Waals surface area contributed by atoms with Gasteiger partial charge in [0.05, 0.1) is 25.4 Å². The van der Waals surface area contributed by atoms with Crippen molar-refractivity contribution in [2.24, 2.45) is 4.99 Å². The molecule has 0 radical (unpaired) electrons. The zero-order valence-electron chi connectivity index (χ0n) is 24.5. The number of methoxy groups -OCH3 is 1. The highest BCUT2D eigenvalue weighted by molar-refractivity contribution is 5.97. The Hall–Kier alpha value is -3.74. The molecule has 214 valence electrons. The number of nitrogens with zero attached hydrogens (tertiary/aromatic N) is 7. The van der Waals surface area contributed by atoms with E-state index >= 15 is 0 Å². The zero-order chi connectivity index (χ0) is 28.2. The molecule has 3 aromatic rings. The Labute approximate surface area is 242 Å². The van der Waals surface area contributed by atoms with Crippen molar-refractivity contribution in [1.29, 1.82) is 0 Å². The quantitative estimate of drug-likeness (QED) is 0.240. The number of likely N-dealkylation sites (N-methyl/N-ethyl adjacent to an activating group) is 1. The fraction of sp³-hybridized carbons (Fsp3) is 0.500. The van der Waals surface area contributed by atoms with Crippen LogP contribution in [-0.2, 0) is 17.7 Å². The Morgan fingerprint density at radius 1 is 1.05 bits per heavy atom. The average Bonchev–Trinajstić information content (AvgIpc) is 3.64. The van der Waals surface area contributed by atoms with Gasteiger partial charge in [-0.25, -0.2) is 0 Å². The number of hydrogen-bond acceptors (Lipinski definition) is 8. The minimum absolute atomic E-state index is 0.409. The number of anilines is 2. The SMILES string of the molecule is COCCN=C=[N+]=C1CCN(c2nc(OC[C@@H]3CCCN3C)nc3c2CCN(c2cccc4cccc(C)c24)C3)C1. The molecule has 9 nitrogen and oxygen atoms in total. The smallest absolute Gasteiger partial charge is 0.423 e. The van der Waals surface area contributed by atoms with E-state index in [0.717, 1.165) is 62.7 Å². The van der Waals surface area contributed by atoms with Crippen molar-refractivity contribution in [3.05, 3.63) is 53.2 Å². The molecule has 0 amide bonds. The molecule has 0 unspecified atom stereocenters. The van der Waals surface area contributed by atoms with Crippen LogP contribution in [0.5, 0.6) is 6.01 Å². The Morgan fingerprint density at radius 3 is 2.73 bits per heavy atom. The first-order chi connectivity index (χ1) is 20.1. The first-order valence-corrected chi connectivity index (χ1v) is 14.8. The molecule has 1 atom stereocenters. The monoisotopic (exact) mass is 554 g/mol. The molecule has 0 bridgehead atoms. The van der Waals surface area contributed by atoms with Crippen molar-refractivity contribution >= 4 is 34.0 Å². The molecule has 3 aliphatic heterocycles. The van der Waals surface area contributed by atoms with Gasteiger partial charge in [0.1, 0.15) is 12.4 Å². The summed E-state index contributed by atoms with van der Waals surface area (Å²) in [6.07, 6.45) is 4.11. The van der Waals surface area contributed by atoms with Crippen LogP contribution < -0.4 is 19.2 Å². The van der Waals surface area contributed by atoms with Crippen LogP contribution in [-0.4, -0.2) is 92.7 Å². The molecule has 4 heterocycles. The van der Waals surface area contributed by atoms with Crippen LogP contribution in [0.4, 0.5) is 11.5 Å². The highest BCUT2D eigenvalue weighted by atomic mass is 16.5. The lowest BCUT2D eigenvalue weighted by Crippen LogP contribution is -2.35. The second-order valence-corrected chi connectivity index (χ2v) is 11.3. The number of aromatic nitrogens is 2. The summed E-state index contributed by atoms with van der Waals surface area (Å²) in [6, 6.07) is 16.9. The van der Waals surface area contributed by atoms with E-state index in [9.17, 15) is 0 Å². The van der Waals surface area contributed by atoms with Gasteiger partial charge >= 0.3 is 12.0 Å². The maximum absolute atomic E-state index is 6.31. The highest BCUT2D eigenvalue weighted by Crippen LogP contribution is 2.35. The number of benzene rings is 2. The van der Waals surface area contributed by atoms with Gasteiger partial charge in [-0.15, -0.1) is 0 Å². The average molecular weight is 555 g/mol. The number of aliphatic imine (C=N–C) groups is 1. The van der Waals surface area contributed by atoms with E-state index in [0.29, 0.717) is 38.4 Å². The van der Waals surface area contributed by atoms with Gasteiger partial charge in [-0.1, -0.05) is 30.3 Å². The van der Waals surface area contributed by atoms with Crippen molar-refractivity contribution in [1.82, 2.24) is 19.5 Å². The van der Waals surface area contributed by atoms with E-state index < -0.39 is 0 Å². The molecule has 0 spiro atoms. The molecule has 6 rings (SSSR count). The van der Waals surface area contributed by atoms with Crippen molar-refractivity contribution in [3.63, 3.8) is 0 Å². The third-order valence-corrected chi connectivity index (χ3v) is 8.56. The third-order valence-electron chi connectivity index (χ3n) is 8.56. The van der Waals surface area contributed by atoms with E-state index in [2.05, 4.69) is 80.7 Å². The number of ether oxygens (including phenoxy) is 2. The van der Waals surface area contributed by atoms with E-state index in [1.807, 2.05) is 0 Å². The zero-order valence-corrected chi connectivity index (χ0v) is 24.5. The van der Waals surface area contributed by atoms with Gasteiger partial charge < -0.3 is 24.2 Å². The molecule has 2 aromatic carbocycles. The van der Waals surface area contributed by atoms with E-state index in [4.69, 9.17) is 19.4 Å². The molecule has 0 aliphatic carbocycles. The lowest BCUT2D eigenvalue weighted by molar-refractivity contribution is 0.187. The third kappa shape index (κ3) is 5.99. The molecule has 2 saturated heterocycles. The molecular weight excluding hydrogens is 514 g/mol. The number of fused-ring (bicyclic) bond motifs is 2. The lowest BCUT2D eigenvalue weighted by Gasteiger charge is -2.33. The molecule has 9 heteroatoms.